The van der Waals surface area contributed by atoms with E-state index in [0.717, 1.165) is 12.8 Å². The van der Waals surface area contributed by atoms with Gasteiger partial charge in [0.1, 0.15) is 0 Å². The number of hydrogen-bond donors (Lipinski definition) is 1. The van der Waals surface area contributed by atoms with Gasteiger partial charge in [-0.25, -0.2) is 8.42 Å². The molecule has 0 bridgehead atoms. The third-order valence-electron chi connectivity index (χ3n) is 6.09. The lowest BCUT2D eigenvalue weighted by Gasteiger charge is -2.23. The summed E-state index contributed by atoms with van der Waals surface area (Å²) in [5.74, 6) is -1.07. The summed E-state index contributed by atoms with van der Waals surface area (Å²) in [5, 5.41) is 9.66. The Hall–Kier alpha value is -1.93. The Bertz CT molecular complexity index is 849. The van der Waals surface area contributed by atoms with Crippen LogP contribution in [0.3, 0.4) is 0 Å². The number of hydrogen-bond acceptors (Lipinski definition) is 4. The number of carbonyl (C=O) groups excluding carboxylic acids is 1. The predicted octanol–water partition coefficient (Wildman–Crippen LogP) is 2.04. The summed E-state index contributed by atoms with van der Waals surface area (Å²) in [4.78, 5) is 26.3. The average Bonchev–Trinajstić information content (AvgIpc) is 3.19. The molecule has 0 radical (unpaired) electrons. The SMILES string of the molecule is CC(C)N(C)S(=O)(=O)c1ccc(C(=O)N2C[C@@H]3CCC[C@@]3(C(=O)O)C2)cc1. The van der Waals surface area contributed by atoms with Crippen molar-refractivity contribution in [2.24, 2.45) is 11.3 Å². The van der Waals surface area contributed by atoms with E-state index in [1.54, 1.807) is 18.7 Å². The minimum atomic E-state index is -3.60. The number of likely N-dealkylation sites (tertiary alicyclic amines) is 1. The van der Waals surface area contributed by atoms with Crippen LogP contribution in [0.2, 0.25) is 0 Å². The van der Waals surface area contributed by atoms with E-state index in [-0.39, 0.29) is 29.3 Å². The van der Waals surface area contributed by atoms with E-state index in [0.29, 0.717) is 18.5 Å². The first-order chi connectivity index (χ1) is 12.6. The van der Waals surface area contributed by atoms with Crippen molar-refractivity contribution >= 4 is 21.9 Å². The van der Waals surface area contributed by atoms with Crippen LogP contribution in [-0.2, 0) is 14.8 Å². The molecule has 1 heterocycles. The van der Waals surface area contributed by atoms with Crippen molar-refractivity contribution < 1.29 is 23.1 Å². The van der Waals surface area contributed by atoms with Crippen LogP contribution >= 0.6 is 0 Å². The van der Waals surface area contributed by atoms with Gasteiger partial charge in [0.25, 0.3) is 5.91 Å². The zero-order valence-corrected chi connectivity index (χ0v) is 16.7. The summed E-state index contributed by atoms with van der Waals surface area (Å²) >= 11 is 0. The number of carbonyl (C=O) groups is 2. The van der Waals surface area contributed by atoms with Crippen LogP contribution in [0.4, 0.5) is 0 Å². The fourth-order valence-electron chi connectivity index (χ4n) is 4.19. The number of benzene rings is 1. The Morgan fingerprint density at radius 1 is 1.26 bits per heavy atom. The normalized spacial score (nSPS) is 25.2. The van der Waals surface area contributed by atoms with Gasteiger partial charge in [0, 0.05) is 31.7 Å². The molecular formula is C19H26N2O5S. The second-order valence-corrected chi connectivity index (χ2v) is 9.87. The summed E-state index contributed by atoms with van der Waals surface area (Å²) < 4.78 is 26.3. The van der Waals surface area contributed by atoms with E-state index in [1.807, 2.05) is 0 Å². The van der Waals surface area contributed by atoms with Crippen LogP contribution in [0.15, 0.2) is 29.2 Å². The minimum Gasteiger partial charge on any atom is -0.481 e. The molecule has 2 aliphatic rings. The number of carboxylic acids is 1. The summed E-state index contributed by atoms with van der Waals surface area (Å²) in [6, 6.07) is 5.71. The number of fused-ring (bicyclic) bond motifs is 1. The van der Waals surface area contributed by atoms with Crippen LogP contribution in [0, 0.1) is 11.3 Å². The number of aliphatic carboxylic acids is 1. The van der Waals surface area contributed by atoms with Crippen LogP contribution in [0.1, 0.15) is 43.5 Å². The maximum Gasteiger partial charge on any atom is 0.311 e. The van der Waals surface area contributed by atoms with Crippen LogP contribution in [-0.4, -0.2) is 60.8 Å². The lowest BCUT2D eigenvalue weighted by Crippen LogP contribution is -2.37. The predicted molar refractivity (Wildman–Crippen MR) is 99.8 cm³/mol. The standard InChI is InChI=1S/C19H26N2O5S/c1-13(2)20(3)27(25,26)16-8-6-14(7-9-16)17(22)21-11-15-5-4-10-19(15,12-21)18(23)24/h6-9,13,15H,4-5,10-12H2,1-3H3,(H,23,24)/t15-,19+/m0/s1. The molecule has 1 aromatic rings. The largest absolute Gasteiger partial charge is 0.481 e. The van der Waals surface area contributed by atoms with Gasteiger partial charge in [-0.05, 0) is 56.9 Å². The molecule has 1 saturated carbocycles. The van der Waals surface area contributed by atoms with Gasteiger partial charge in [-0.1, -0.05) is 6.42 Å². The maximum atomic E-state index is 12.8. The fourth-order valence-corrected chi connectivity index (χ4v) is 5.56. The first kappa shape index (κ1) is 19.8. The molecule has 3 rings (SSSR count). The van der Waals surface area contributed by atoms with Crippen LogP contribution in [0.5, 0.6) is 0 Å². The Morgan fingerprint density at radius 2 is 1.89 bits per heavy atom. The Kier molecular flexibility index (Phi) is 5.07. The molecule has 8 heteroatoms. The van der Waals surface area contributed by atoms with Crippen LogP contribution in [0.25, 0.3) is 0 Å². The van der Waals surface area contributed by atoms with Crippen molar-refractivity contribution in [1.82, 2.24) is 9.21 Å². The molecule has 0 aromatic heterocycles. The van der Waals surface area contributed by atoms with Crippen molar-refractivity contribution in [3.05, 3.63) is 29.8 Å². The van der Waals surface area contributed by atoms with Gasteiger partial charge in [0.15, 0.2) is 0 Å². The Balaban J connectivity index is 1.79. The zero-order valence-electron chi connectivity index (χ0n) is 15.9. The van der Waals surface area contributed by atoms with Gasteiger partial charge in [0.2, 0.25) is 10.0 Å². The maximum absolute atomic E-state index is 12.8. The van der Waals surface area contributed by atoms with Crippen molar-refractivity contribution in [2.75, 3.05) is 20.1 Å². The first-order valence-corrected chi connectivity index (χ1v) is 10.6. The van der Waals surface area contributed by atoms with E-state index in [1.165, 1.54) is 35.6 Å². The number of nitrogens with zero attached hydrogens (tertiary/aromatic N) is 2. The molecular weight excluding hydrogens is 368 g/mol. The molecule has 2 fully saturated rings. The zero-order chi connectivity index (χ0) is 20.0. The molecule has 1 amide bonds. The van der Waals surface area contributed by atoms with E-state index in [9.17, 15) is 23.1 Å². The molecule has 1 saturated heterocycles. The van der Waals surface area contributed by atoms with Gasteiger partial charge < -0.3 is 10.0 Å². The van der Waals surface area contributed by atoms with Gasteiger partial charge in [-0.3, -0.25) is 9.59 Å². The van der Waals surface area contributed by atoms with Crippen LogP contribution < -0.4 is 0 Å². The minimum absolute atomic E-state index is 0.00158. The third kappa shape index (κ3) is 3.25. The molecule has 1 aliphatic carbocycles. The monoisotopic (exact) mass is 394 g/mol. The number of rotatable bonds is 5. The number of amides is 1. The summed E-state index contributed by atoms with van der Waals surface area (Å²) in [6.07, 6.45) is 2.32. The highest BCUT2D eigenvalue weighted by molar-refractivity contribution is 7.89. The Morgan fingerprint density at radius 3 is 2.41 bits per heavy atom. The lowest BCUT2D eigenvalue weighted by molar-refractivity contribution is -0.149. The highest BCUT2D eigenvalue weighted by atomic mass is 32.2. The third-order valence-corrected chi connectivity index (χ3v) is 8.14. The molecule has 1 N–H and O–H groups in total. The molecule has 0 spiro atoms. The van der Waals surface area contributed by atoms with Crippen molar-refractivity contribution in [3.63, 3.8) is 0 Å². The van der Waals surface area contributed by atoms with E-state index < -0.39 is 21.4 Å². The highest BCUT2D eigenvalue weighted by Crippen LogP contribution is 2.49. The van der Waals surface area contributed by atoms with E-state index >= 15 is 0 Å². The quantitative estimate of drug-likeness (QED) is 0.825. The van der Waals surface area contributed by atoms with Crippen molar-refractivity contribution in [3.8, 4) is 0 Å². The van der Waals surface area contributed by atoms with Gasteiger partial charge >= 0.3 is 5.97 Å². The van der Waals surface area contributed by atoms with Crippen molar-refractivity contribution in [2.45, 2.75) is 44.0 Å². The summed E-state index contributed by atoms with van der Waals surface area (Å²) in [7, 11) is -2.08. The van der Waals surface area contributed by atoms with Gasteiger partial charge in [0.05, 0.1) is 10.3 Å². The molecule has 1 aliphatic heterocycles. The second-order valence-electron chi connectivity index (χ2n) is 7.88. The highest BCUT2D eigenvalue weighted by Gasteiger charge is 2.55. The smallest absolute Gasteiger partial charge is 0.311 e. The topological polar surface area (TPSA) is 95.0 Å². The second kappa shape index (κ2) is 6.91. The molecule has 1 aromatic carbocycles. The first-order valence-electron chi connectivity index (χ1n) is 9.20. The molecule has 0 unspecified atom stereocenters. The molecule has 7 nitrogen and oxygen atoms in total. The van der Waals surface area contributed by atoms with E-state index in [2.05, 4.69) is 0 Å². The molecule has 27 heavy (non-hydrogen) atoms. The average molecular weight is 394 g/mol. The Labute approximate surface area is 160 Å². The number of carboxylic acid groups (broad SMARTS) is 1. The summed E-state index contributed by atoms with van der Waals surface area (Å²) in [6.45, 7) is 4.25. The molecule has 2 atom stereocenters. The van der Waals surface area contributed by atoms with Gasteiger partial charge in [-0.15, -0.1) is 0 Å². The van der Waals surface area contributed by atoms with Crippen molar-refractivity contribution in [1.29, 1.82) is 0 Å². The van der Waals surface area contributed by atoms with Gasteiger partial charge in [-0.2, -0.15) is 4.31 Å². The fraction of sp³-hybridized carbons (Fsp3) is 0.579. The lowest BCUT2D eigenvalue weighted by atomic mass is 9.81. The summed E-state index contributed by atoms with van der Waals surface area (Å²) in [5.41, 5.74) is -0.444. The number of sulfonamides is 1. The molecule has 148 valence electrons. The van der Waals surface area contributed by atoms with E-state index in [4.69, 9.17) is 0 Å².